The van der Waals surface area contributed by atoms with E-state index in [1.165, 1.54) is 21.9 Å². The van der Waals surface area contributed by atoms with Crippen molar-refractivity contribution in [2.24, 2.45) is 0 Å². The maximum Gasteiger partial charge on any atom is 0.261 e. The van der Waals surface area contributed by atoms with Crippen LogP contribution >= 0.6 is 22.9 Å². The Hall–Kier alpha value is -2.09. The SMILES string of the molecule is CCCC(C)NC(=O)c1cc2cc(N(Cc3ccc(Cl)cc3)S(C)(=O)=O)ccc2s1. The van der Waals surface area contributed by atoms with E-state index in [1.807, 2.05) is 37.3 Å². The second-order valence-corrected chi connectivity index (χ2v) is 10.8. The summed E-state index contributed by atoms with van der Waals surface area (Å²) in [5.41, 5.74) is 1.39. The van der Waals surface area contributed by atoms with Crippen molar-refractivity contribution in [3.63, 3.8) is 0 Å². The number of carbonyl (C=O) groups excluding carboxylic acids is 1. The average molecular weight is 465 g/mol. The molecule has 2 aromatic carbocycles. The van der Waals surface area contributed by atoms with Crippen molar-refractivity contribution in [3.05, 3.63) is 64.0 Å². The number of fused-ring (bicyclic) bond motifs is 1. The lowest BCUT2D eigenvalue weighted by Gasteiger charge is -2.22. The van der Waals surface area contributed by atoms with Gasteiger partial charge in [0.05, 0.1) is 23.4 Å². The third-order valence-corrected chi connectivity index (χ3v) is 7.26. The summed E-state index contributed by atoms with van der Waals surface area (Å²) in [7, 11) is -3.50. The molecule has 5 nitrogen and oxygen atoms in total. The molecule has 0 bridgehead atoms. The Kier molecular flexibility index (Phi) is 7.06. The van der Waals surface area contributed by atoms with E-state index >= 15 is 0 Å². The number of benzene rings is 2. The van der Waals surface area contributed by atoms with Gasteiger partial charge in [-0.05, 0) is 60.7 Å². The van der Waals surface area contributed by atoms with Crippen LogP contribution in [0.15, 0.2) is 48.5 Å². The van der Waals surface area contributed by atoms with Gasteiger partial charge in [0.15, 0.2) is 0 Å². The van der Waals surface area contributed by atoms with Gasteiger partial charge in [0.1, 0.15) is 0 Å². The van der Waals surface area contributed by atoms with Gasteiger partial charge in [-0.1, -0.05) is 37.1 Å². The molecule has 0 aliphatic rings. The molecule has 1 atom stereocenters. The number of rotatable bonds is 8. The van der Waals surface area contributed by atoms with E-state index in [2.05, 4.69) is 12.2 Å². The van der Waals surface area contributed by atoms with Crippen LogP contribution < -0.4 is 9.62 Å². The zero-order chi connectivity index (χ0) is 21.9. The molecule has 1 N–H and O–H groups in total. The molecule has 0 fully saturated rings. The minimum atomic E-state index is -3.50. The molecule has 0 aliphatic carbocycles. The molecule has 0 spiro atoms. The number of carbonyl (C=O) groups is 1. The van der Waals surface area contributed by atoms with E-state index in [-0.39, 0.29) is 18.5 Å². The third-order valence-electron chi connectivity index (χ3n) is 4.75. The molecule has 1 unspecified atom stereocenters. The first kappa shape index (κ1) is 22.6. The van der Waals surface area contributed by atoms with Crippen molar-refractivity contribution < 1.29 is 13.2 Å². The van der Waals surface area contributed by atoms with Crippen molar-refractivity contribution in [2.75, 3.05) is 10.6 Å². The molecule has 0 saturated carbocycles. The second-order valence-electron chi connectivity index (χ2n) is 7.39. The maximum absolute atomic E-state index is 12.5. The second kappa shape index (κ2) is 9.37. The topological polar surface area (TPSA) is 66.5 Å². The zero-order valence-electron chi connectivity index (χ0n) is 17.2. The van der Waals surface area contributed by atoms with Gasteiger partial charge in [0, 0.05) is 15.8 Å². The fourth-order valence-electron chi connectivity index (χ4n) is 3.25. The van der Waals surface area contributed by atoms with Crippen LogP contribution in [0.25, 0.3) is 10.1 Å². The molecule has 0 saturated heterocycles. The molecule has 0 radical (unpaired) electrons. The van der Waals surface area contributed by atoms with Crippen LogP contribution in [-0.2, 0) is 16.6 Å². The third kappa shape index (κ3) is 5.53. The van der Waals surface area contributed by atoms with E-state index in [4.69, 9.17) is 11.6 Å². The standard InChI is InChI=1S/C22H25ClN2O3S2/c1-4-5-15(2)24-22(26)21-13-17-12-19(10-11-20(17)29-21)25(30(3,27)28)14-16-6-8-18(23)9-7-16/h6-13,15H,4-5,14H2,1-3H3,(H,24,26). The molecule has 3 rings (SSSR count). The summed E-state index contributed by atoms with van der Waals surface area (Å²) in [4.78, 5) is 13.1. The van der Waals surface area contributed by atoms with E-state index in [0.717, 1.165) is 28.5 Å². The first-order valence-corrected chi connectivity index (χ1v) is 12.8. The van der Waals surface area contributed by atoms with Crippen molar-refractivity contribution in [1.82, 2.24) is 5.32 Å². The quantitative estimate of drug-likeness (QED) is 0.482. The van der Waals surface area contributed by atoms with Crippen LogP contribution in [0.2, 0.25) is 5.02 Å². The Morgan fingerprint density at radius 2 is 1.87 bits per heavy atom. The van der Waals surface area contributed by atoms with Crippen molar-refractivity contribution in [1.29, 1.82) is 0 Å². The summed E-state index contributed by atoms with van der Waals surface area (Å²) in [6, 6.07) is 14.5. The van der Waals surface area contributed by atoms with Crippen LogP contribution in [0.4, 0.5) is 5.69 Å². The van der Waals surface area contributed by atoms with Crippen LogP contribution in [0.3, 0.4) is 0 Å². The van der Waals surface area contributed by atoms with Gasteiger partial charge in [-0.25, -0.2) is 8.42 Å². The number of sulfonamides is 1. The normalized spacial score (nSPS) is 12.7. The molecule has 0 aliphatic heterocycles. The minimum absolute atomic E-state index is 0.0974. The summed E-state index contributed by atoms with van der Waals surface area (Å²) < 4.78 is 27.2. The number of halogens is 1. The van der Waals surface area contributed by atoms with Gasteiger partial charge in [-0.15, -0.1) is 11.3 Å². The molecule has 8 heteroatoms. The van der Waals surface area contributed by atoms with Crippen LogP contribution in [0.5, 0.6) is 0 Å². The number of hydrogen-bond acceptors (Lipinski definition) is 4. The molecule has 160 valence electrons. The number of nitrogens with one attached hydrogen (secondary N) is 1. The van der Waals surface area contributed by atoms with E-state index < -0.39 is 10.0 Å². The van der Waals surface area contributed by atoms with Gasteiger partial charge >= 0.3 is 0 Å². The van der Waals surface area contributed by atoms with Crippen LogP contribution in [0, 0.1) is 0 Å². The summed E-state index contributed by atoms with van der Waals surface area (Å²) >= 11 is 7.34. The maximum atomic E-state index is 12.5. The Morgan fingerprint density at radius 1 is 1.17 bits per heavy atom. The average Bonchev–Trinajstić information content (AvgIpc) is 3.10. The van der Waals surface area contributed by atoms with Gasteiger partial charge in [0.25, 0.3) is 5.91 Å². The Labute approximate surface area is 186 Å². The highest BCUT2D eigenvalue weighted by atomic mass is 35.5. The molecule has 3 aromatic rings. The van der Waals surface area contributed by atoms with E-state index in [1.54, 1.807) is 18.2 Å². The summed E-state index contributed by atoms with van der Waals surface area (Å²) in [5.74, 6) is -0.0974. The van der Waals surface area contributed by atoms with Gasteiger partial charge in [-0.3, -0.25) is 9.10 Å². The molecular weight excluding hydrogens is 440 g/mol. The first-order chi connectivity index (χ1) is 14.2. The lowest BCUT2D eigenvalue weighted by Crippen LogP contribution is -2.31. The van der Waals surface area contributed by atoms with Gasteiger partial charge in [-0.2, -0.15) is 0 Å². The molecule has 1 heterocycles. The smallest absolute Gasteiger partial charge is 0.261 e. The fraction of sp³-hybridized carbons (Fsp3) is 0.318. The lowest BCUT2D eigenvalue weighted by molar-refractivity contribution is 0.0942. The number of nitrogens with zero attached hydrogens (tertiary/aromatic N) is 1. The molecule has 1 amide bonds. The van der Waals surface area contributed by atoms with Crippen molar-refractivity contribution >= 4 is 54.6 Å². The minimum Gasteiger partial charge on any atom is -0.349 e. The fourth-order valence-corrected chi connectivity index (χ4v) is 5.21. The predicted molar refractivity (Wildman–Crippen MR) is 126 cm³/mol. The Morgan fingerprint density at radius 3 is 2.50 bits per heavy atom. The highest BCUT2D eigenvalue weighted by Crippen LogP contribution is 2.31. The molecular formula is C22H25ClN2O3S2. The monoisotopic (exact) mass is 464 g/mol. The van der Waals surface area contributed by atoms with Crippen molar-refractivity contribution in [3.8, 4) is 0 Å². The molecule has 1 aromatic heterocycles. The van der Waals surface area contributed by atoms with E-state index in [9.17, 15) is 13.2 Å². The first-order valence-electron chi connectivity index (χ1n) is 9.74. The molecule has 30 heavy (non-hydrogen) atoms. The van der Waals surface area contributed by atoms with E-state index in [0.29, 0.717) is 15.6 Å². The lowest BCUT2D eigenvalue weighted by atomic mass is 10.2. The van der Waals surface area contributed by atoms with Crippen molar-refractivity contribution in [2.45, 2.75) is 39.3 Å². The number of anilines is 1. The summed E-state index contributed by atoms with van der Waals surface area (Å²) in [6.07, 6.45) is 3.12. The Bertz CT molecular complexity index is 1140. The van der Waals surface area contributed by atoms with Gasteiger partial charge in [0.2, 0.25) is 10.0 Å². The largest absolute Gasteiger partial charge is 0.349 e. The highest BCUT2D eigenvalue weighted by molar-refractivity contribution is 7.92. The summed E-state index contributed by atoms with van der Waals surface area (Å²) in [6.45, 7) is 4.28. The number of amides is 1. The summed E-state index contributed by atoms with van der Waals surface area (Å²) in [5, 5.41) is 4.45. The van der Waals surface area contributed by atoms with Gasteiger partial charge < -0.3 is 5.32 Å². The van der Waals surface area contributed by atoms with Crippen LogP contribution in [0.1, 0.15) is 41.9 Å². The Balaban J connectivity index is 1.89. The number of thiophene rings is 1. The zero-order valence-corrected chi connectivity index (χ0v) is 19.6. The van der Waals surface area contributed by atoms with Crippen LogP contribution in [-0.4, -0.2) is 26.6 Å². The highest BCUT2D eigenvalue weighted by Gasteiger charge is 2.19. The predicted octanol–water partition coefficient (Wildman–Crippen LogP) is 5.44. The number of hydrogen-bond donors (Lipinski definition) is 1.